The van der Waals surface area contributed by atoms with Crippen LogP contribution >= 0.6 is 0 Å². The third-order valence-corrected chi connectivity index (χ3v) is 4.62. The molecule has 1 aliphatic rings. The van der Waals surface area contributed by atoms with E-state index in [1.54, 1.807) is 42.2 Å². The van der Waals surface area contributed by atoms with Gasteiger partial charge in [0.05, 0.1) is 11.7 Å². The zero-order valence-electron chi connectivity index (χ0n) is 14.2. The Morgan fingerprint density at radius 2 is 2.00 bits per heavy atom. The van der Waals surface area contributed by atoms with E-state index < -0.39 is 6.10 Å². The fraction of sp³-hybridized carbons (Fsp3) is 0.350. The molecule has 1 aliphatic heterocycles. The van der Waals surface area contributed by atoms with Gasteiger partial charge in [0.25, 0.3) is 5.91 Å². The lowest BCUT2D eigenvalue weighted by Gasteiger charge is -2.19. The Morgan fingerprint density at radius 1 is 1.28 bits per heavy atom. The number of halogens is 1. The van der Waals surface area contributed by atoms with Gasteiger partial charge in [0, 0.05) is 19.0 Å². The highest BCUT2D eigenvalue weighted by atomic mass is 19.1. The molecule has 1 fully saturated rings. The van der Waals surface area contributed by atoms with Crippen molar-refractivity contribution < 1.29 is 19.0 Å². The van der Waals surface area contributed by atoms with Gasteiger partial charge in [-0.3, -0.25) is 4.79 Å². The first-order valence-electron chi connectivity index (χ1n) is 8.48. The second-order valence-electron chi connectivity index (χ2n) is 6.45. The number of aliphatic hydroxyl groups excluding tert-OH is 1. The van der Waals surface area contributed by atoms with Crippen LogP contribution in [0.5, 0.6) is 5.75 Å². The number of rotatable bonds is 5. The monoisotopic (exact) mass is 343 g/mol. The molecule has 1 amide bonds. The molecule has 1 N–H and O–H groups in total. The van der Waals surface area contributed by atoms with Gasteiger partial charge in [-0.05, 0) is 43.2 Å². The van der Waals surface area contributed by atoms with E-state index in [4.69, 9.17) is 4.74 Å². The number of hydrogen-bond acceptors (Lipinski definition) is 3. The molecule has 0 radical (unpaired) electrons. The van der Waals surface area contributed by atoms with Gasteiger partial charge >= 0.3 is 0 Å². The van der Waals surface area contributed by atoms with E-state index >= 15 is 0 Å². The van der Waals surface area contributed by atoms with Crippen LogP contribution < -0.4 is 4.74 Å². The van der Waals surface area contributed by atoms with Gasteiger partial charge in [-0.25, -0.2) is 4.39 Å². The molecule has 0 aliphatic carbocycles. The summed E-state index contributed by atoms with van der Waals surface area (Å²) in [4.78, 5) is 14.6. The van der Waals surface area contributed by atoms with Gasteiger partial charge in [0.2, 0.25) is 0 Å². The summed E-state index contributed by atoms with van der Waals surface area (Å²) >= 11 is 0. The van der Waals surface area contributed by atoms with Gasteiger partial charge < -0.3 is 14.7 Å². The molecule has 0 spiro atoms. The number of para-hydroxylation sites is 1. The van der Waals surface area contributed by atoms with Gasteiger partial charge in [0.1, 0.15) is 18.2 Å². The first-order chi connectivity index (χ1) is 12.0. The predicted molar refractivity (Wildman–Crippen MR) is 92.9 cm³/mol. The number of hydrogen-bond donors (Lipinski definition) is 1. The number of nitrogens with zero attached hydrogens (tertiary/aromatic N) is 1. The van der Waals surface area contributed by atoms with Crippen molar-refractivity contribution in [3.8, 4) is 5.75 Å². The van der Waals surface area contributed by atoms with E-state index in [1.165, 1.54) is 12.1 Å². The standard InChI is InChI=1S/C20H22FNO3/c1-14(23)16-10-11-22(12-16)20(24)18-4-2-3-5-19(18)25-13-15-6-8-17(21)9-7-15/h2-9,14,16,23H,10-13H2,1H3. The summed E-state index contributed by atoms with van der Waals surface area (Å²) in [5.41, 5.74) is 1.34. The summed E-state index contributed by atoms with van der Waals surface area (Å²) in [7, 11) is 0. The second-order valence-corrected chi connectivity index (χ2v) is 6.45. The van der Waals surface area contributed by atoms with Crippen molar-refractivity contribution in [3.63, 3.8) is 0 Å². The summed E-state index contributed by atoms with van der Waals surface area (Å²) < 4.78 is 18.8. The van der Waals surface area contributed by atoms with Gasteiger partial charge in [-0.1, -0.05) is 24.3 Å². The fourth-order valence-corrected chi connectivity index (χ4v) is 3.05. The largest absolute Gasteiger partial charge is 0.488 e. The van der Waals surface area contributed by atoms with E-state index in [2.05, 4.69) is 0 Å². The highest BCUT2D eigenvalue weighted by molar-refractivity contribution is 5.97. The normalized spacial score (nSPS) is 18.2. The molecule has 3 rings (SSSR count). The maximum Gasteiger partial charge on any atom is 0.257 e. The second kappa shape index (κ2) is 7.66. The number of likely N-dealkylation sites (tertiary alicyclic amines) is 1. The molecule has 132 valence electrons. The lowest BCUT2D eigenvalue weighted by atomic mass is 10.0. The third kappa shape index (κ3) is 4.17. The molecule has 1 saturated heterocycles. The average molecular weight is 343 g/mol. The summed E-state index contributed by atoms with van der Waals surface area (Å²) in [5.74, 6) is 0.257. The van der Waals surface area contributed by atoms with Crippen LogP contribution in [0.1, 0.15) is 29.3 Å². The fourth-order valence-electron chi connectivity index (χ4n) is 3.05. The zero-order valence-corrected chi connectivity index (χ0v) is 14.2. The quantitative estimate of drug-likeness (QED) is 0.907. The lowest BCUT2D eigenvalue weighted by molar-refractivity contribution is 0.0758. The van der Waals surface area contributed by atoms with Crippen molar-refractivity contribution in [3.05, 3.63) is 65.5 Å². The number of benzene rings is 2. The van der Waals surface area contributed by atoms with Crippen LogP contribution in [0.25, 0.3) is 0 Å². The Hall–Kier alpha value is -2.40. The first kappa shape index (κ1) is 17.4. The van der Waals surface area contributed by atoms with E-state index in [9.17, 15) is 14.3 Å². The molecule has 0 aromatic heterocycles. The van der Waals surface area contributed by atoms with Crippen LogP contribution in [0.15, 0.2) is 48.5 Å². The first-order valence-corrected chi connectivity index (χ1v) is 8.48. The van der Waals surface area contributed by atoms with Crippen molar-refractivity contribution in [2.45, 2.75) is 26.1 Å². The molecule has 0 saturated carbocycles. The van der Waals surface area contributed by atoms with Gasteiger partial charge in [-0.15, -0.1) is 0 Å². The van der Waals surface area contributed by atoms with Crippen LogP contribution in [-0.4, -0.2) is 35.1 Å². The highest BCUT2D eigenvalue weighted by Gasteiger charge is 2.30. The van der Waals surface area contributed by atoms with Crippen molar-refractivity contribution >= 4 is 5.91 Å². The van der Waals surface area contributed by atoms with Crippen LogP contribution in [0.2, 0.25) is 0 Å². The third-order valence-electron chi connectivity index (χ3n) is 4.62. The summed E-state index contributed by atoms with van der Waals surface area (Å²) in [6.07, 6.45) is 0.393. The Bertz CT molecular complexity index is 730. The van der Waals surface area contributed by atoms with E-state index in [0.717, 1.165) is 12.0 Å². The molecule has 2 unspecified atom stereocenters. The summed E-state index contributed by atoms with van der Waals surface area (Å²) in [5, 5.41) is 9.72. The number of aliphatic hydroxyl groups is 1. The molecule has 1 heterocycles. The zero-order chi connectivity index (χ0) is 17.8. The minimum Gasteiger partial charge on any atom is -0.488 e. The Balaban J connectivity index is 1.70. The maximum atomic E-state index is 13.0. The Labute approximate surface area is 146 Å². The number of carbonyl (C=O) groups is 1. The SMILES string of the molecule is CC(O)C1CCN(C(=O)c2ccccc2OCc2ccc(F)cc2)C1. The van der Waals surface area contributed by atoms with E-state index in [1.807, 2.05) is 6.07 Å². The van der Waals surface area contributed by atoms with E-state index in [0.29, 0.717) is 24.4 Å². The predicted octanol–water partition coefficient (Wildman–Crippen LogP) is 3.25. The maximum absolute atomic E-state index is 13.0. The summed E-state index contributed by atoms with van der Waals surface area (Å²) in [6, 6.07) is 13.2. The van der Waals surface area contributed by atoms with Crippen molar-refractivity contribution in [1.29, 1.82) is 0 Å². The smallest absolute Gasteiger partial charge is 0.257 e. The molecule has 2 aromatic carbocycles. The van der Waals surface area contributed by atoms with Crippen LogP contribution in [-0.2, 0) is 6.61 Å². The van der Waals surface area contributed by atoms with Crippen molar-refractivity contribution in [2.24, 2.45) is 5.92 Å². The van der Waals surface area contributed by atoms with Crippen LogP contribution in [0.3, 0.4) is 0 Å². The molecule has 0 bridgehead atoms. The lowest BCUT2D eigenvalue weighted by Crippen LogP contribution is -2.30. The molecular weight excluding hydrogens is 321 g/mol. The van der Waals surface area contributed by atoms with Crippen molar-refractivity contribution in [1.82, 2.24) is 4.90 Å². The molecule has 2 aromatic rings. The summed E-state index contributed by atoms with van der Waals surface area (Å²) in [6.45, 7) is 3.22. The average Bonchev–Trinajstić information content (AvgIpc) is 3.11. The Morgan fingerprint density at radius 3 is 2.68 bits per heavy atom. The van der Waals surface area contributed by atoms with E-state index in [-0.39, 0.29) is 24.2 Å². The molecule has 25 heavy (non-hydrogen) atoms. The number of amides is 1. The van der Waals surface area contributed by atoms with Gasteiger partial charge in [0.15, 0.2) is 0 Å². The topological polar surface area (TPSA) is 49.8 Å². The van der Waals surface area contributed by atoms with Crippen LogP contribution in [0.4, 0.5) is 4.39 Å². The highest BCUT2D eigenvalue weighted by Crippen LogP contribution is 2.26. The van der Waals surface area contributed by atoms with Crippen molar-refractivity contribution in [2.75, 3.05) is 13.1 Å². The number of ether oxygens (including phenoxy) is 1. The Kier molecular flexibility index (Phi) is 5.34. The minimum atomic E-state index is -0.414. The molecule has 4 nitrogen and oxygen atoms in total. The minimum absolute atomic E-state index is 0.0853. The molecule has 5 heteroatoms. The molecule has 2 atom stereocenters. The van der Waals surface area contributed by atoms with Crippen LogP contribution in [0, 0.1) is 11.7 Å². The van der Waals surface area contributed by atoms with Gasteiger partial charge in [-0.2, -0.15) is 0 Å². The number of carbonyl (C=O) groups excluding carboxylic acids is 1. The molecular formula is C20H22FNO3.